The summed E-state index contributed by atoms with van der Waals surface area (Å²) in [5.74, 6) is 2.45. The predicted molar refractivity (Wildman–Crippen MR) is 61.1 cm³/mol. The van der Waals surface area contributed by atoms with Crippen LogP contribution in [0.2, 0.25) is 18.1 Å². The van der Waals surface area contributed by atoms with E-state index < -0.39 is 8.32 Å². The van der Waals surface area contributed by atoms with Crippen molar-refractivity contribution in [1.29, 1.82) is 0 Å². The van der Waals surface area contributed by atoms with Gasteiger partial charge in [-0.25, -0.2) is 0 Å². The summed E-state index contributed by atoms with van der Waals surface area (Å²) in [6.45, 7) is 11.8. The van der Waals surface area contributed by atoms with Gasteiger partial charge in [0.05, 0.1) is 6.61 Å². The van der Waals surface area contributed by atoms with E-state index in [1.54, 1.807) is 6.08 Å². The van der Waals surface area contributed by atoms with Crippen LogP contribution in [0.1, 0.15) is 20.8 Å². The topological polar surface area (TPSA) is 9.23 Å². The maximum absolute atomic E-state index is 5.85. The van der Waals surface area contributed by atoms with Gasteiger partial charge in [0, 0.05) is 0 Å². The molecular weight excluding hydrogens is 176 g/mol. The largest absolute Gasteiger partial charge is 0.413 e. The zero-order valence-electron chi connectivity index (χ0n) is 9.35. The number of rotatable bonds is 3. The van der Waals surface area contributed by atoms with Gasteiger partial charge < -0.3 is 4.43 Å². The first-order valence-electron chi connectivity index (χ1n) is 4.56. The van der Waals surface area contributed by atoms with Gasteiger partial charge in [0.1, 0.15) is 0 Å². The van der Waals surface area contributed by atoms with E-state index in [2.05, 4.69) is 39.8 Å². The standard InChI is InChI=1S/C11H20OSi/c1-7-8-9-10-12-13(5,6)11(2,3)4/h1,8-9H,10H2,2-6H3/b9-8+. The van der Waals surface area contributed by atoms with Gasteiger partial charge >= 0.3 is 0 Å². The molecule has 0 aromatic heterocycles. The summed E-state index contributed by atoms with van der Waals surface area (Å²) in [6, 6.07) is 0. The van der Waals surface area contributed by atoms with Crippen molar-refractivity contribution in [2.24, 2.45) is 0 Å². The lowest BCUT2D eigenvalue weighted by molar-refractivity contribution is 0.328. The Bertz CT molecular complexity index is 215. The molecule has 0 fully saturated rings. The molecule has 0 aromatic rings. The quantitative estimate of drug-likeness (QED) is 0.497. The van der Waals surface area contributed by atoms with Crippen LogP contribution in [0.15, 0.2) is 12.2 Å². The first kappa shape index (κ1) is 12.5. The molecule has 0 atom stereocenters. The van der Waals surface area contributed by atoms with E-state index in [-0.39, 0.29) is 5.04 Å². The molecule has 0 heterocycles. The minimum absolute atomic E-state index is 0.275. The van der Waals surface area contributed by atoms with Crippen LogP contribution in [0.4, 0.5) is 0 Å². The van der Waals surface area contributed by atoms with E-state index in [0.717, 1.165) is 0 Å². The van der Waals surface area contributed by atoms with Gasteiger partial charge in [0.15, 0.2) is 8.32 Å². The normalized spacial score (nSPS) is 13.2. The Balaban J connectivity index is 4.06. The van der Waals surface area contributed by atoms with E-state index in [9.17, 15) is 0 Å². The van der Waals surface area contributed by atoms with Crippen LogP contribution in [0.5, 0.6) is 0 Å². The zero-order valence-corrected chi connectivity index (χ0v) is 10.3. The van der Waals surface area contributed by atoms with Crippen molar-refractivity contribution in [3.8, 4) is 12.3 Å². The third-order valence-corrected chi connectivity index (χ3v) is 7.06. The third-order valence-electron chi connectivity index (χ3n) is 2.56. The van der Waals surface area contributed by atoms with Crippen LogP contribution in [0.3, 0.4) is 0 Å². The molecule has 0 N–H and O–H groups in total. The van der Waals surface area contributed by atoms with Crippen molar-refractivity contribution in [2.75, 3.05) is 6.61 Å². The fourth-order valence-electron chi connectivity index (χ4n) is 0.589. The van der Waals surface area contributed by atoms with Crippen LogP contribution in [-0.4, -0.2) is 14.9 Å². The molecule has 0 aromatic carbocycles. The summed E-state index contributed by atoms with van der Waals surface area (Å²) < 4.78 is 5.85. The summed E-state index contributed by atoms with van der Waals surface area (Å²) in [5, 5.41) is 0.275. The summed E-state index contributed by atoms with van der Waals surface area (Å²) in [4.78, 5) is 0. The highest BCUT2D eigenvalue weighted by Gasteiger charge is 2.36. The van der Waals surface area contributed by atoms with Crippen molar-refractivity contribution < 1.29 is 4.43 Å². The summed E-state index contributed by atoms with van der Waals surface area (Å²) in [5.41, 5.74) is 0. The maximum Gasteiger partial charge on any atom is 0.192 e. The molecule has 0 unspecified atom stereocenters. The Morgan fingerprint density at radius 3 is 2.31 bits per heavy atom. The molecule has 0 aliphatic heterocycles. The molecule has 0 aliphatic carbocycles. The highest BCUT2D eigenvalue weighted by Crippen LogP contribution is 2.36. The molecule has 0 saturated heterocycles. The van der Waals surface area contributed by atoms with E-state index in [4.69, 9.17) is 10.8 Å². The van der Waals surface area contributed by atoms with Crippen molar-refractivity contribution in [1.82, 2.24) is 0 Å². The SMILES string of the molecule is C#C/C=C/CO[Si](C)(C)C(C)(C)C. The average molecular weight is 196 g/mol. The van der Waals surface area contributed by atoms with Crippen LogP contribution in [0.25, 0.3) is 0 Å². The van der Waals surface area contributed by atoms with E-state index in [1.165, 1.54) is 0 Å². The Morgan fingerprint density at radius 1 is 1.38 bits per heavy atom. The third kappa shape index (κ3) is 4.30. The Labute approximate surface area is 83.3 Å². The molecule has 74 valence electrons. The minimum Gasteiger partial charge on any atom is -0.413 e. The second-order valence-electron chi connectivity index (χ2n) is 4.64. The van der Waals surface area contributed by atoms with Crippen LogP contribution >= 0.6 is 0 Å². The van der Waals surface area contributed by atoms with Crippen molar-refractivity contribution in [3.05, 3.63) is 12.2 Å². The molecule has 0 aliphatic rings. The fraction of sp³-hybridized carbons (Fsp3) is 0.636. The number of terminal acetylenes is 1. The smallest absolute Gasteiger partial charge is 0.192 e. The van der Waals surface area contributed by atoms with Crippen LogP contribution < -0.4 is 0 Å². The van der Waals surface area contributed by atoms with Gasteiger partial charge in [-0.1, -0.05) is 32.8 Å². The molecular formula is C11H20OSi. The summed E-state index contributed by atoms with van der Waals surface area (Å²) in [7, 11) is -1.57. The number of hydrogen-bond acceptors (Lipinski definition) is 1. The molecule has 0 saturated carbocycles. The van der Waals surface area contributed by atoms with Gasteiger partial charge in [0.2, 0.25) is 0 Å². The molecule has 0 amide bonds. The average Bonchev–Trinajstić information content (AvgIpc) is 1.96. The Morgan fingerprint density at radius 2 is 1.92 bits per heavy atom. The van der Waals surface area contributed by atoms with Gasteiger partial charge in [-0.15, -0.1) is 6.42 Å². The van der Waals surface area contributed by atoms with Crippen LogP contribution in [0, 0.1) is 12.3 Å². The van der Waals surface area contributed by atoms with E-state index >= 15 is 0 Å². The van der Waals surface area contributed by atoms with Crippen LogP contribution in [-0.2, 0) is 4.43 Å². The second-order valence-corrected chi connectivity index (χ2v) is 9.45. The molecule has 0 bridgehead atoms. The van der Waals surface area contributed by atoms with Gasteiger partial charge in [-0.05, 0) is 24.2 Å². The molecule has 1 nitrogen and oxygen atoms in total. The lowest BCUT2D eigenvalue weighted by Gasteiger charge is -2.35. The summed E-state index contributed by atoms with van der Waals surface area (Å²) >= 11 is 0. The predicted octanol–water partition coefficient (Wildman–Crippen LogP) is 3.20. The lowest BCUT2D eigenvalue weighted by Crippen LogP contribution is -2.40. The molecule has 13 heavy (non-hydrogen) atoms. The Kier molecular flexibility index (Phi) is 4.45. The first-order chi connectivity index (χ1) is 5.81. The first-order valence-corrected chi connectivity index (χ1v) is 7.47. The van der Waals surface area contributed by atoms with Crippen molar-refractivity contribution in [3.63, 3.8) is 0 Å². The zero-order chi connectivity index (χ0) is 10.5. The molecule has 0 radical (unpaired) electrons. The monoisotopic (exact) mass is 196 g/mol. The van der Waals surface area contributed by atoms with Gasteiger partial charge in [0.25, 0.3) is 0 Å². The van der Waals surface area contributed by atoms with Gasteiger partial charge in [-0.2, -0.15) is 0 Å². The highest BCUT2D eigenvalue weighted by atomic mass is 28.4. The highest BCUT2D eigenvalue weighted by molar-refractivity contribution is 6.74. The molecule has 0 rings (SSSR count). The summed E-state index contributed by atoms with van der Waals surface area (Å²) in [6.07, 6.45) is 8.66. The van der Waals surface area contributed by atoms with E-state index in [1.807, 2.05) is 6.08 Å². The minimum atomic E-state index is -1.57. The molecule has 2 heteroatoms. The lowest BCUT2D eigenvalue weighted by atomic mass is 10.2. The van der Waals surface area contributed by atoms with E-state index in [0.29, 0.717) is 6.61 Å². The fourth-order valence-corrected chi connectivity index (χ4v) is 1.54. The maximum atomic E-state index is 5.85. The second kappa shape index (κ2) is 4.64. The van der Waals surface area contributed by atoms with Gasteiger partial charge in [-0.3, -0.25) is 0 Å². The Hall–Kier alpha value is -0.523. The van der Waals surface area contributed by atoms with Crippen molar-refractivity contribution >= 4 is 8.32 Å². The number of hydrogen-bond donors (Lipinski definition) is 0. The number of allylic oxidation sites excluding steroid dienone is 1. The molecule has 0 spiro atoms. The van der Waals surface area contributed by atoms with Crippen molar-refractivity contribution in [2.45, 2.75) is 38.9 Å².